The fraction of sp³-hybridized carbons (Fsp3) is 1.00. The van der Waals surface area contributed by atoms with E-state index in [0.717, 1.165) is 51.7 Å². The van der Waals surface area contributed by atoms with Gasteiger partial charge in [-0.3, -0.25) is 0 Å². The van der Waals surface area contributed by atoms with Crippen molar-refractivity contribution in [3.05, 3.63) is 0 Å². The van der Waals surface area contributed by atoms with Gasteiger partial charge in [-0.15, -0.1) is 0 Å². The minimum Gasteiger partial charge on any atom is -0.390 e. The molecule has 2 aliphatic rings. The molecule has 1 unspecified atom stereocenters. The van der Waals surface area contributed by atoms with Crippen molar-refractivity contribution in [1.82, 2.24) is 4.90 Å². The van der Waals surface area contributed by atoms with Gasteiger partial charge in [0.05, 0.1) is 11.2 Å². The van der Waals surface area contributed by atoms with Gasteiger partial charge in [0.25, 0.3) is 0 Å². The van der Waals surface area contributed by atoms with Crippen LogP contribution in [-0.4, -0.2) is 45.9 Å². The van der Waals surface area contributed by atoms with Crippen molar-refractivity contribution in [1.29, 1.82) is 0 Å². The molecule has 1 saturated carbocycles. The number of hydrogen-bond acceptors (Lipinski definition) is 3. The maximum Gasteiger partial charge on any atom is 0.0774 e. The lowest BCUT2D eigenvalue weighted by atomic mass is 9.84. The number of hydrogen-bond donors (Lipinski definition) is 2. The van der Waals surface area contributed by atoms with Crippen LogP contribution in [0.15, 0.2) is 0 Å². The second-order valence-electron chi connectivity index (χ2n) is 6.41. The summed E-state index contributed by atoms with van der Waals surface area (Å²) in [5.41, 5.74) is -0.946. The minimum absolute atomic E-state index is 0.450. The van der Waals surface area contributed by atoms with Crippen LogP contribution in [0.25, 0.3) is 0 Å². The molecule has 1 aliphatic carbocycles. The van der Waals surface area contributed by atoms with E-state index in [1.54, 1.807) is 0 Å². The Balaban J connectivity index is 1.86. The Labute approximate surface area is 105 Å². The van der Waals surface area contributed by atoms with Crippen LogP contribution in [0.5, 0.6) is 0 Å². The van der Waals surface area contributed by atoms with Crippen molar-refractivity contribution in [2.75, 3.05) is 19.6 Å². The molecule has 1 aliphatic heterocycles. The number of aliphatic hydroxyl groups is 2. The lowest BCUT2D eigenvalue weighted by molar-refractivity contribution is -0.0276. The standard InChI is InChI=1S/C14H27NO2/c1-13(16)6-5-10-15(11-9-13)12-14(17)7-3-2-4-8-14/h16-17H,2-12H2,1H3. The molecule has 3 heteroatoms. The van der Waals surface area contributed by atoms with Gasteiger partial charge in [-0.25, -0.2) is 0 Å². The topological polar surface area (TPSA) is 43.7 Å². The molecule has 0 aromatic carbocycles. The van der Waals surface area contributed by atoms with Crippen LogP contribution in [0.1, 0.15) is 58.3 Å². The molecule has 0 radical (unpaired) electrons. The van der Waals surface area contributed by atoms with Gasteiger partial charge >= 0.3 is 0 Å². The first-order chi connectivity index (χ1) is 7.99. The van der Waals surface area contributed by atoms with Gasteiger partial charge in [0.2, 0.25) is 0 Å². The fourth-order valence-electron chi connectivity index (χ4n) is 3.26. The Morgan fingerprint density at radius 1 is 0.882 bits per heavy atom. The third-order valence-corrected chi connectivity index (χ3v) is 4.46. The summed E-state index contributed by atoms with van der Waals surface area (Å²) in [5, 5.41) is 20.6. The molecule has 0 spiro atoms. The zero-order chi connectivity index (χ0) is 12.4. The Bertz CT molecular complexity index is 247. The smallest absolute Gasteiger partial charge is 0.0774 e. The summed E-state index contributed by atoms with van der Waals surface area (Å²) < 4.78 is 0. The van der Waals surface area contributed by atoms with E-state index in [1.165, 1.54) is 19.3 Å². The van der Waals surface area contributed by atoms with E-state index < -0.39 is 11.2 Å². The van der Waals surface area contributed by atoms with Gasteiger partial charge < -0.3 is 15.1 Å². The van der Waals surface area contributed by atoms with Crippen molar-refractivity contribution in [2.24, 2.45) is 0 Å². The van der Waals surface area contributed by atoms with Crippen molar-refractivity contribution >= 4 is 0 Å². The second-order valence-corrected chi connectivity index (χ2v) is 6.41. The predicted molar refractivity (Wildman–Crippen MR) is 68.9 cm³/mol. The fourth-order valence-corrected chi connectivity index (χ4v) is 3.26. The maximum atomic E-state index is 10.5. The molecule has 0 aromatic rings. The zero-order valence-corrected chi connectivity index (χ0v) is 11.1. The quantitative estimate of drug-likeness (QED) is 0.776. The summed E-state index contributed by atoms with van der Waals surface area (Å²) in [5.74, 6) is 0. The first kappa shape index (κ1) is 13.3. The van der Waals surface area contributed by atoms with Crippen molar-refractivity contribution in [3.8, 4) is 0 Å². The molecule has 2 N–H and O–H groups in total. The monoisotopic (exact) mass is 241 g/mol. The largest absolute Gasteiger partial charge is 0.390 e. The SMILES string of the molecule is CC1(O)CCCN(CC2(O)CCCCC2)CC1. The van der Waals surface area contributed by atoms with Gasteiger partial charge in [0, 0.05) is 13.1 Å². The molecule has 2 rings (SSSR count). The second kappa shape index (κ2) is 5.25. The highest BCUT2D eigenvalue weighted by atomic mass is 16.3. The van der Waals surface area contributed by atoms with Crippen LogP contribution in [-0.2, 0) is 0 Å². The summed E-state index contributed by atoms with van der Waals surface area (Å²) >= 11 is 0. The van der Waals surface area contributed by atoms with Gasteiger partial charge in [-0.05, 0) is 45.6 Å². The van der Waals surface area contributed by atoms with E-state index in [1.807, 2.05) is 6.92 Å². The van der Waals surface area contributed by atoms with Crippen molar-refractivity contribution in [2.45, 2.75) is 69.5 Å². The number of β-amino-alcohol motifs (C(OH)–C–C–N with tert-alkyl or cyclic N) is 1. The average Bonchev–Trinajstić information content (AvgIpc) is 2.41. The summed E-state index contributed by atoms with van der Waals surface area (Å²) in [6.07, 6.45) is 8.30. The molecule has 17 heavy (non-hydrogen) atoms. The average molecular weight is 241 g/mol. The predicted octanol–water partition coefficient (Wildman–Crippen LogP) is 1.92. The number of likely N-dealkylation sites (tertiary alicyclic amines) is 1. The first-order valence-corrected chi connectivity index (χ1v) is 7.16. The third-order valence-electron chi connectivity index (χ3n) is 4.46. The highest BCUT2D eigenvalue weighted by molar-refractivity contribution is 4.88. The molecular weight excluding hydrogens is 214 g/mol. The Morgan fingerprint density at radius 2 is 1.59 bits per heavy atom. The highest BCUT2D eigenvalue weighted by Crippen LogP contribution is 2.30. The van der Waals surface area contributed by atoms with E-state index >= 15 is 0 Å². The van der Waals surface area contributed by atoms with Crippen LogP contribution < -0.4 is 0 Å². The normalized spacial score (nSPS) is 35.5. The number of nitrogens with zero attached hydrogens (tertiary/aromatic N) is 1. The van der Waals surface area contributed by atoms with E-state index in [0.29, 0.717) is 0 Å². The molecule has 100 valence electrons. The summed E-state index contributed by atoms with van der Waals surface area (Å²) in [7, 11) is 0. The van der Waals surface area contributed by atoms with E-state index in [-0.39, 0.29) is 0 Å². The molecule has 1 heterocycles. The summed E-state index contributed by atoms with van der Waals surface area (Å²) in [4.78, 5) is 2.35. The maximum absolute atomic E-state index is 10.5. The Hall–Kier alpha value is -0.120. The Kier molecular flexibility index (Phi) is 4.11. The van der Waals surface area contributed by atoms with E-state index in [9.17, 15) is 10.2 Å². The molecule has 1 saturated heterocycles. The van der Waals surface area contributed by atoms with Gasteiger partial charge in [-0.1, -0.05) is 19.3 Å². The van der Waals surface area contributed by atoms with Crippen molar-refractivity contribution < 1.29 is 10.2 Å². The molecule has 2 fully saturated rings. The number of rotatable bonds is 2. The van der Waals surface area contributed by atoms with Crippen LogP contribution in [0, 0.1) is 0 Å². The lowest BCUT2D eigenvalue weighted by Crippen LogP contribution is -2.45. The van der Waals surface area contributed by atoms with Crippen LogP contribution in [0.2, 0.25) is 0 Å². The molecule has 0 bridgehead atoms. The van der Waals surface area contributed by atoms with E-state index in [4.69, 9.17) is 0 Å². The van der Waals surface area contributed by atoms with Gasteiger partial charge in [0.1, 0.15) is 0 Å². The zero-order valence-electron chi connectivity index (χ0n) is 11.1. The first-order valence-electron chi connectivity index (χ1n) is 7.16. The van der Waals surface area contributed by atoms with Crippen LogP contribution >= 0.6 is 0 Å². The van der Waals surface area contributed by atoms with Crippen LogP contribution in [0.3, 0.4) is 0 Å². The lowest BCUT2D eigenvalue weighted by Gasteiger charge is -2.36. The summed E-state index contributed by atoms with van der Waals surface area (Å²) in [6.45, 7) is 4.70. The van der Waals surface area contributed by atoms with Gasteiger partial charge in [0.15, 0.2) is 0 Å². The summed E-state index contributed by atoms with van der Waals surface area (Å²) in [6, 6.07) is 0. The van der Waals surface area contributed by atoms with Crippen molar-refractivity contribution in [3.63, 3.8) is 0 Å². The Morgan fingerprint density at radius 3 is 2.29 bits per heavy atom. The third kappa shape index (κ3) is 3.94. The molecule has 0 aromatic heterocycles. The van der Waals surface area contributed by atoms with Crippen LogP contribution in [0.4, 0.5) is 0 Å². The molecular formula is C14H27NO2. The van der Waals surface area contributed by atoms with E-state index in [2.05, 4.69) is 4.90 Å². The molecule has 0 amide bonds. The highest BCUT2D eigenvalue weighted by Gasteiger charge is 2.33. The van der Waals surface area contributed by atoms with Gasteiger partial charge in [-0.2, -0.15) is 0 Å². The molecule has 3 nitrogen and oxygen atoms in total. The molecule has 1 atom stereocenters. The minimum atomic E-state index is -0.496.